The van der Waals surface area contributed by atoms with Gasteiger partial charge in [0, 0.05) is 12.8 Å². The van der Waals surface area contributed by atoms with Gasteiger partial charge in [0.2, 0.25) is 5.91 Å². The zero-order valence-electron chi connectivity index (χ0n) is 45.1. The number of allylic oxidation sites excluding steroid dienone is 4. The van der Waals surface area contributed by atoms with Crippen LogP contribution >= 0.6 is 0 Å². The number of hydrogen-bond acceptors (Lipinski definition) is 5. The van der Waals surface area contributed by atoms with E-state index in [-0.39, 0.29) is 18.5 Å². The van der Waals surface area contributed by atoms with Crippen molar-refractivity contribution in [1.82, 2.24) is 5.32 Å². The van der Waals surface area contributed by atoms with Crippen LogP contribution in [0.4, 0.5) is 0 Å². The molecule has 0 radical (unpaired) electrons. The Bertz CT molecular complexity index is 1040. The minimum Gasteiger partial charge on any atom is -0.466 e. The number of aliphatic hydroxyl groups excluding tert-OH is 2. The van der Waals surface area contributed by atoms with Crippen LogP contribution in [0.2, 0.25) is 0 Å². The van der Waals surface area contributed by atoms with Crippen LogP contribution in [0.25, 0.3) is 0 Å². The summed E-state index contributed by atoms with van der Waals surface area (Å²) in [6.45, 7) is 4.93. The lowest BCUT2D eigenvalue weighted by Gasteiger charge is -2.22. The number of hydrogen-bond donors (Lipinski definition) is 3. The largest absolute Gasteiger partial charge is 0.466 e. The number of unbranched alkanes of at least 4 members (excludes halogenated alkanes) is 41. The number of rotatable bonds is 56. The predicted molar refractivity (Wildman–Crippen MR) is 292 cm³/mol. The first-order chi connectivity index (χ1) is 33.0. The van der Waals surface area contributed by atoms with Crippen molar-refractivity contribution in [2.45, 2.75) is 341 Å². The van der Waals surface area contributed by atoms with Gasteiger partial charge in [-0.3, -0.25) is 9.59 Å². The molecule has 3 N–H and O–H groups in total. The molecule has 67 heavy (non-hydrogen) atoms. The van der Waals surface area contributed by atoms with Crippen LogP contribution in [0.5, 0.6) is 0 Å². The molecule has 0 aliphatic carbocycles. The zero-order valence-corrected chi connectivity index (χ0v) is 45.1. The highest BCUT2D eigenvalue weighted by Crippen LogP contribution is 2.18. The molecule has 396 valence electrons. The summed E-state index contributed by atoms with van der Waals surface area (Å²) in [5.41, 5.74) is 0. The molecule has 6 nitrogen and oxygen atoms in total. The molecular weight excluding hydrogens is 827 g/mol. The van der Waals surface area contributed by atoms with Gasteiger partial charge in [-0.25, -0.2) is 0 Å². The highest BCUT2D eigenvalue weighted by molar-refractivity contribution is 5.76. The number of esters is 1. The number of aliphatic hydroxyl groups is 2. The SMILES string of the molecule is CCCCC/C=C\C/C=C\CCCCCCCC(=O)OCCCCCCCCCCCCCCCCCCCCCCCCCC(=O)NC(CO)C(O)CCCCCCCCCCCCCC. The Labute approximate surface area is 418 Å². The van der Waals surface area contributed by atoms with Gasteiger partial charge in [-0.15, -0.1) is 0 Å². The van der Waals surface area contributed by atoms with Crippen LogP contribution in [-0.2, 0) is 14.3 Å². The standard InChI is InChI=1S/C61H117NO5/c1-3-5-7-9-11-13-15-17-27-31-35-39-43-47-51-55-61(66)67-56-52-48-44-40-36-32-29-26-24-22-20-18-19-21-23-25-28-30-34-38-42-46-50-54-60(65)62-58(57-63)59(64)53-49-45-41-37-33-16-14-12-10-8-6-4-2/h11,13,17,27,58-59,63-64H,3-10,12,14-16,18-26,28-57H2,1-2H3,(H,62,65)/b13-11-,27-17-. The molecule has 6 heteroatoms. The van der Waals surface area contributed by atoms with E-state index in [2.05, 4.69) is 43.5 Å². The molecular formula is C61H117NO5. The number of carbonyl (C=O) groups excluding carboxylic acids is 2. The van der Waals surface area contributed by atoms with Crippen molar-refractivity contribution in [3.63, 3.8) is 0 Å². The van der Waals surface area contributed by atoms with Gasteiger partial charge in [0.1, 0.15) is 0 Å². The van der Waals surface area contributed by atoms with E-state index in [0.717, 1.165) is 51.4 Å². The smallest absolute Gasteiger partial charge is 0.305 e. The van der Waals surface area contributed by atoms with Crippen LogP contribution in [0, 0.1) is 0 Å². The Balaban J connectivity index is 3.36. The molecule has 0 fully saturated rings. The average Bonchev–Trinajstić information content (AvgIpc) is 3.33. The fraction of sp³-hybridized carbons (Fsp3) is 0.902. The van der Waals surface area contributed by atoms with Gasteiger partial charge in [-0.1, -0.05) is 282 Å². The van der Waals surface area contributed by atoms with Crippen molar-refractivity contribution in [1.29, 1.82) is 0 Å². The summed E-state index contributed by atoms with van der Waals surface area (Å²) in [7, 11) is 0. The topological polar surface area (TPSA) is 95.9 Å². The van der Waals surface area contributed by atoms with Gasteiger partial charge in [0.25, 0.3) is 0 Å². The van der Waals surface area contributed by atoms with Gasteiger partial charge in [-0.2, -0.15) is 0 Å². The molecule has 1 amide bonds. The van der Waals surface area contributed by atoms with Crippen molar-refractivity contribution in [3.8, 4) is 0 Å². The monoisotopic (exact) mass is 944 g/mol. The highest BCUT2D eigenvalue weighted by atomic mass is 16.5. The molecule has 0 aromatic heterocycles. The Morgan fingerprint density at radius 3 is 1.16 bits per heavy atom. The number of nitrogens with one attached hydrogen (secondary N) is 1. The Hall–Kier alpha value is -1.66. The number of ether oxygens (including phenoxy) is 1. The first kappa shape index (κ1) is 65.3. The Morgan fingerprint density at radius 1 is 0.418 bits per heavy atom. The summed E-state index contributed by atoms with van der Waals surface area (Å²) in [5.74, 6) is -0.0336. The zero-order chi connectivity index (χ0) is 48.6. The first-order valence-corrected chi connectivity index (χ1v) is 30.1. The molecule has 2 unspecified atom stereocenters. The molecule has 0 spiro atoms. The quantitative estimate of drug-likeness (QED) is 0.0321. The summed E-state index contributed by atoms with van der Waals surface area (Å²) >= 11 is 0. The van der Waals surface area contributed by atoms with Crippen molar-refractivity contribution in [2.75, 3.05) is 13.2 Å². The third-order valence-electron chi connectivity index (χ3n) is 14.0. The molecule has 0 rings (SSSR count). The molecule has 0 aromatic rings. The van der Waals surface area contributed by atoms with Crippen LogP contribution in [-0.4, -0.2) is 47.4 Å². The predicted octanol–water partition coefficient (Wildman–Crippen LogP) is 18.6. The van der Waals surface area contributed by atoms with E-state index in [1.165, 1.54) is 244 Å². The molecule has 0 heterocycles. The van der Waals surface area contributed by atoms with Crippen molar-refractivity contribution < 1.29 is 24.5 Å². The first-order valence-electron chi connectivity index (χ1n) is 30.1. The highest BCUT2D eigenvalue weighted by Gasteiger charge is 2.20. The summed E-state index contributed by atoms with van der Waals surface area (Å²) in [6, 6.07) is -0.540. The maximum Gasteiger partial charge on any atom is 0.305 e. The molecule has 0 saturated heterocycles. The maximum atomic E-state index is 12.5. The van der Waals surface area contributed by atoms with E-state index in [1.807, 2.05) is 0 Å². The van der Waals surface area contributed by atoms with E-state index in [4.69, 9.17) is 4.74 Å². The summed E-state index contributed by atoms with van der Waals surface area (Å²) < 4.78 is 5.48. The fourth-order valence-corrected chi connectivity index (χ4v) is 9.38. The van der Waals surface area contributed by atoms with Crippen LogP contribution in [0.1, 0.15) is 328 Å². The van der Waals surface area contributed by atoms with E-state index in [0.29, 0.717) is 25.9 Å². The van der Waals surface area contributed by atoms with Crippen molar-refractivity contribution in [2.24, 2.45) is 0 Å². The number of carbonyl (C=O) groups is 2. The molecule has 0 bridgehead atoms. The third kappa shape index (κ3) is 53.5. The Kier molecular flexibility index (Phi) is 55.5. The molecule has 0 saturated carbocycles. The summed E-state index contributed by atoms with van der Waals surface area (Å²) in [4.78, 5) is 24.5. The maximum absolute atomic E-state index is 12.5. The van der Waals surface area contributed by atoms with Gasteiger partial charge in [-0.05, 0) is 57.8 Å². The normalized spacial score (nSPS) is 12.7. The number of amides is 1. The molecule has 2 atom stereocenters. The van der Waals surface area contributed by atoms with Gasteiger partial charge in [0.05, 0.1) is 25.4 Å². The minimum absolute atomic E-state index is 0.000573. The van der Waals surface area contributed by atoms with Crippen LogP contribution in [0.3, 0.4) is 0 Å². The lowest BCUT2D eigenvalue weighted by atomic mass is 10.0. The summed E-state index contributed by atoms with van der Waals surface area (Å²) in [6.07, 6.45) is 69.0. The second kappa shape index (κ2) is 56.9. The molecule has 0 aliphatic rings. The van der Waals surface area contributed by atoms with E-state index < -0.39 is 12.1 Å². The third-order valence-corrected chi connectivity index (χ3v) is 14.0. The lowest BCUT2D eigenvalue weighted by molar-refractivity contribution is -0.143. The van der Waals surface area contributed by atoms with Crippen molar-refractivity contribution in [3.05, 3.63) is 24.3 Å². The second-order valence-electron chi connectivity index (χ2n) is 20.7. The second-order valence-corrected chi connectivity index (χ2v) is 20.7. The van der Waals surface area contributed by atoms with E-state index in [1.54, 1.807) is 0 Å². The molecule has 0 aliphatic heterocycles. The van der Waals surface area contributed by atoms with Gasteiger partial charge in [0.15, 0.2) is 0 Å². The Morgan fingerprint density at radius 2 is 0.746 bits per heavy atom. The van der Waals surface area contributed by atoms with Crippen LogP contribution < -0.4 is 5.32 Å². The lowest BCUT2D eigenvalue weighted by Crippen LogP contribution is -2.45. The van der Waals surface area contributed by atoms with E-state index in [9.17, 15) is 19.8 Å². The van der Waals surface area contributed by atoms with Crippen LogP contribution in [0.15, 0.2) is 24.3 Å². The van der Waals surface area contributed by atoms with E-state index >= 15 is 0 Å². The summed E-state index contributed by atoms with van der Waals surface area (Å²) in [5, 5.41) is 23.2. The fourth-order valence-electron chi connectivity index (χ4n) is 9.38. The molecule has 0 aromatic carbocycles. The van der Waals surface area contributed by atoms with Gasteiger partial charge >= 0.3 is 5.97 Å². The van der Waals surface area contributed by atoms with Crippen molar-refractivity contribution >= 4 is 11.9 Å². The minimum atomic E-state index is -0.662. The van der Waals surface area contributed by atoms with Gasteiger partial charge < -0.3 is 20.3 Å². The average molecular weight is 945 g/mol.